The van der Waals surface area contributed by atoms with Crippen molar-refractivity contribution in [1.29, 1.82) is 0 Å². The second-order valence-electron chi connectivity index (χ2n) is 4.43. The Morgan fingerprint density at radius 3 is 2.80 bits per heavy atom. The number of methoxy groups -OCH3 is 1. The SMILES string of the molecule is CCCCCCNCC1(OC)CCOC1. The van der Waals surface area contributed by atoms with Gasteiger partial charge in [-0.1, -0.05) is 26.2 Å². The fourth-order valence-corrected chi connectivity index (χ4v) is 1.95. The molecule has 0 amide bonds. The summed E-state index contributed by atoms with van der Waals surface area (Å²) < 4.78 is 10.9. The first-order chi connectivity index (χ1) is 7.33. The zero-order valence-corrected chi connectivity index (χ0v) is 10.2. The molecule has 0 aromatic rings. The number of nitrogens with one attached hydrogen (secondary N) is 1. The van der Waals surface area contributed by atoms with Gasteiger partial charge in [0.15, 0.2) is 0 Å². The van der Waals surface area contributed by atoms with E-state index >= 15 is 0 Å². The highest BCUT2D eigenvalue weighted by Crippen LogP contribution is 2.21. The lowest BCUT2D eigenvalue weighted by molar-refractivity contribution is -0.0156. The Labute approximate surface area is 93.5 Å². The summed E-state index contributed by atoms with van der Waals surface area (Å²) in [7, 11) is 1.79. The minimum atomic E-state index is -0.0508. The molecule has 1 rings (SSSR count). The van der Waals surface area contributed by atoms with Crippen LogP contribution in [0.3, 0.4) is 0 Å². The van der Waals surface area contributed by atoms with E-state index in [1.807, 2.05) is 0 Å². The van der Waals surface area contributed by atoms with Gasteiger partial charge in [-0.25, -0.2) is 0 Å². The van der Waals surface area contributed by atoms with Crippen LogP contribution in [0.1, 0.15) is 39.0 Å². The van der Waals surface area contributed by atoms with Crippen LogP contribution in [-0.2, 0) is 9.47 Å². The second kappa shape index (κ2) is 7.20. The Morgan fingerprint density at radius 1 is 1.33 bits per heavy atom. The largest absolute Gasteiger partial charge is 0.378 e. The molecule has 0 spiro atoms. The maximum Gasteiger partial charge on any atom is 0.106 e. The molecule has 90 valence electrons. The maximum absolute atomic E-state index is 5.54. The lowest BCUT2D eigenvalue weighted by Crippen LogP contribution is -2.43. The summed E-state index contributed by atoms with van der Waals surface area (Å²) >= 11 is 0. The van der Waals surface area contributed by atoms with Crippen LogP contribution in [0, 0.1) is 0 Å². The topological polar surface area (TPSA) is 30.5 Å². The van der Waals surface area contributed by atoms with Crippen LogP contribution < -0.4 is 5.32 Å². The maximum atomic E-state index is 5.54. The summed E-state index contributed by atoms with van der Waals surface area (Å²) in [5.74, 6) is 0. The summed E-state index contributed by atoms with van der Waals surface area (Å²) in [6.07, 6.45) is 6.27. The number of rotatable bonds is 8. The zero-order chi connectivity index (χ0) is 11.0. The van der Waals surface area contributed by atoms with Crippen molar-refractivity contribution in [2.75, 3.05) is 33.4 Å². The van der Waals surface area contributed by atoms with Crippen molar-refractivity contribution in [3.63, 3.8) is 0 Å². The Morgan fingerprint density at radius 2 is 2.20 bits per heavy atom. The highest BCUT2D eigenvalue weighted by Gasteiger charge is 2.34. The van der Waals surface area contributed by atoms with Crippen LogP contribution in [-0.4, -0.2) is 39.0 Å². The summed E-state index contributed by atoms with van der Waals surface area (Å²) in [6, 6.07) is 0. The molecule has 1 fully saturated rings. The molecule has 0 radical (unpaired) electrons. The first-order valence-corrected chi connectivity index (χ1v) is 6.16. The Hall–Kier alpha value is -0.120. The van der Waals surface area contributed by atoms with Gasteiger partial charge in [-0.3, -0.25) is 0 Å². The van der Waals surface area contributed by atoms with Crippen LogP contribution >= 0.6 is 0 Å². The van der Waals surface area contributed by atoms with Crippen molar-refractivity contribution in [2.45, 2.75) is 44.6 Å². The van der Waals surface area contributed by atoms with Crippen molar-refractivity contribution >= 4 is 0 Å². The molecular formula is C12H25NO2. The quantitative estimate of drug-likeness (QED) is 0.628. The number of unbranched alkanes of at least 4 members (excludes halogenated alkanes) is 3. The van der Waals surface area contributed by atoms with Crippen LogP contribution in [0.5, 0.6) is 0 Å². The number of ether oxygens (including phenoxy) is 2. The summed E-state index contributed by atoms with van der Waals surface area (Å²) in [5, 5.41) is 3.47. The Bertz CT molecular complexity index is 156. The molecule has 1 saturated heterocycles. The predicted molar refractivity (Wildman–Crippen MR) is 62.2 cm³/mol. The van der Waals surface area contributed by atoms with Crippen molar-refractivity contribution in [3.8, 4) is 0 Å². The minimum Gasteiger partial charge on any atom is -0.378 e. The zero-order valence-electron chi connectivity index (χ0n) is 10.2. The molecule has 1 heterocycles. The van der Waals surface area contributed by atoms with Gasteiger partial charge in [0.2, 0.25) is 0 Å². The van der Waals surface area contributed by atoms with E-state index in [4.69, 9.17) is 9.47 Å². The van der Waals surface area contributed by atoms with Crippen molar-refractivity contribution in [2.24, 2.45) is 0 Å². The van der Waals surface area contributed by atoms with Crippen molar-refractivity contribution in [1.82, 2.24) is 5.32 Å². The van der Waals surface area contributed by atoms with E-state index in [1.54, 1.807) is 7.11 Å². The van der Waals surface area contributed by atoms with Crippen molar-refractivity contribution in [3.05, 3.63) is 0 Å². The molecule has 0 bridgehead atoms. The van der Waals surface area contributed by atoms with Crippen LogP contribution in [0.4, 0.5) is 0 Å². The highest BCUT2D eigenvalue weighted by molar-refractivity contribution is 4.86. The van der Waals surface area contributed by atoms with Gasteiger partial charge in [0.1, 0.15) is 5.60 Å². The minimum absolute atomic E-state index is 0.0508. The van der Waals surface area contributed by atoms with E-state index in [0.717, 1.165) is 32.7 Å². The van der Waals surface area contributed by atoms with E-state index in [1.165, 1.54) is 25.7 Å². The Balaban J connectivity index is 2.02. The lowest BCUT2D eigenvalue weighted by atomic mass is 10.0. The van der Waals surface area contributed by atoms with E-state index in [9.17, 15) is 0 Å². The normalized spacial score (nSPS) is 26.0. The van der Waals surface area contributed by atoms with Gasteiger partial charge in [-0.15, -0.1) is 0 Å². The molecule has 3 heteroatoms. The van der Waals surface area contributed by atoms with E-state index < -0.39 is 0 Å². The van der Waals surface area contributed by atoms with Crippen molar-refractivity contribution < 1.29 is 9.47 Å². The predicted octanol–water partition coefficient (Wildman–Crippen LogP) is 1.96. The van der Waals surface area contributed by atoms with Gasteiger partial charge in [0, 0.05) is 26.7 Å². The third-order valence-electron chi connectivity index (χ3n) is 3.15. The van der Waals surface area contributed by atoms with E-state index in [0.29, 0.717) is 0 Å². The average Bonchev–Trinajstić information content (AvgIpc) is 2.73. The smallest absolute Gasteiger partial charge is 0.106 e. The second-order valence-corrected chi connectivity index (χ2v) is 4.43. The summed E-state index contributed by atoms with van der Waals surface area (Å²) in [4.78, 5) is 0. The summed E-state index contributed by atoms with van der Waals surface area (Å²) in [5.41, 5.74) is -0.0508. The molecule has 0 aromatic carbocycles. The molecule has 0 saturated carbocycles. The van der Waals surface area contributed by atoms with Gasteiger partial charge in [0.05, 0.1) is 6.61 Å². The number of hydrogen-bond acceptors (Lipinski definition) is 3. The average molecular weight is 215 g/mol. The van der Waals surface area contributed by atoms with Gasteiger partial charge in [-0.2, -0.15) is 0 Å². The summed E-state index contributed by atoms with van der Waals surface area (Å²) in [6.45, 7) is 5.85. The monoisotopic (exact) mass is 215 g/mol. The molecule has 0 aliphatic carbocycles. The molecule has 1 atom stereocenters. The van der Waals surface area contributed by atoms with E-state index in [2.05, 4.69) is 12.2 Å². The number of hydrogen-bond donors (Lipinski definition) is 1. The highest BCUT2D eigenvalue weighted by atomic mass is 16.5. The molecule has 1 aliphatic heterocycles. The van der Waals surface area contributed by atoms with Crippen LogP contribution in [0.15, 0.2) is 0 Å². The molecular weight excluding hydrogens is 190 g/mol. The third kappa shape index (κ3) is 4.49. The fourth-order valence-electron chi connectivity index (χ4n) is 1.95. The molecule has 1 N–H and O–H groups in total. The Kier molecular flexibility index (Phi) is 6.22. The van der Waals surface area contributed by atoms with Gasteiger partial charge in [-0.05, 0) is 13.0 Å². The third-order valence-corrected chi connectivity index (χ3v) is 3.15. The first-order valence-electron chi connectivity index (χ1n) is 6.16. The van der Waals surface area contributed by atoms with E-state index in [-0.39, 0.29) is 5.60 Å². The van der Waals surface area contributed by atoms with Gasteiger partial charge < -0.3 is 14.8 Å². The van der Waals surface area contributed by atoms with Gasteiger partial charge in [0.25, 0.3) is 0 Å². The molecule has 1 aliphatic rings. The molecule has 0 aromatic heterocycles. The van der Waals surface area contributed by atoms with Gasteiger partial charge >= 0.3 is 0 Å². The molecule has 3 nitrogen and oxygen atoms in total. The fraction of sp³-hybridized carbons (Fsp3) is 1.00. The lowest BCUT2D eigenvalue weighted by Gasteiger charge is -2.26. The van der Waals surface area contributed by atoms with Crippen LogP contribution in [0.25, 0.3) is 0 Å². The molecule has 1 unspecified atom stereocenters. The molecule has 15 heavy (non-hydrogen) atoms. The first kappa shape index (κ1) is 12.9. The van der Waals surface area contributed by atoms with Crippen LogP contribution in [0.2, 0.25) is 0 Å². The standard InChI is InChI=1S/C12H25NO2/c1-3-4-5-6-8-13-10-12(14-2)7-9-15-11-12/h13H,3-11H2,1-2H3.